The van der Waals surface area contributed by atoms with Gasteiger partial charge in [-0.25, -0.2) is 0 Å². The molecular formula is C26H44O6. The lowest BCUT2D eigenvalue weighted by Gasteiger charge is -2.62. The van der Waals surface area contributed by atoms with Crippen LogP contribution in [0.2, 0.25) is 0 Å². The van der Waals surface area contributed by atoms with Gasteiger partial charge in [-0.15, -0.1) is 0 Å². The number of hydrogen-bond acceptors (Lipinski definition) is 4. The molecule has 0 radical (unpaired) electrons. The average molecular weight is 453 g/mol. The number of carboxylic acid groups (broad SMARTS) is 2. The maximum atomic E-state index is 11.4. The molecule has 0 aromatic rings. The molecule has 4 rings (SSSR count). The van der Waals surface area contributed by atoms with Crippen LogP contribution in [0.5, 0.6) is 0 Å². The summed E-state index contributed by atoms with van der Waals surface area (Å²) in [5.74, 6) is -1.68. The normalized spacial score (nSPS) is 45.2. The highest BCUT2D eigenvalue weighted by Gasteiger charge is 2.63. The number of carboxylic acids is 2. The van der Waals surface area contributed by atoms with Crippen molar-refractivity contribution in [2.24, 2.45) is 46.3 Å². The van der Waals surface area contributed by atoms with E-state index in [0.717, 1.165) is 51.4 Å². The van der Waals surface area contributed by atoms with Crippen LogP contribution in [0.25, 0.3) is 0 Å². The quantitative estimate of drug-likeness (QED) is 0.454. The van der Waals surface area contributed by atoms with E-state index in [9.17, 15) is 30.0 Å². The third-order valence-corrected chi connectivity index (χ3v) is 10.3. The minimum atomic E-state index is -1.36. The minimum Gasteiger partial charge on any atom is -0.481 e. The van der Waals surface area contributed by atoms with Crippen molar-refractivity contribution < 1.29 is 30.0 Å². The molecule has 0 saturated heterocycles. The summed E-state index contributed by atoms with van der Waals surface area (Å²) in [6.07, 6.45) is 7.99. The zero-order valence-corrected chi connectivity index (χ0v) is 20.3. The molecule has 6 heteroatoms. The van der Waals surface area contributed by atoms with E-state index in [1.165, 1.54) is 0 Å². The first kappa shape index (κ1) is 25.5. The van der Waals surface area contributed by atoms with Gasteiger partial charge >= 0.3 is 11.9 Å². The second-order valence-corrected chi connectivity index (χ2v) is 11.3. The molecule has 32 heavy (non-hydrogen) atoms. The molecular weight excluding hydrogens is 408 g/mol. The zero-order chi connectivity index (χ0) is 23.8. The fourth-order valence-corrected chi connectivity index (χ4v) is 8.51. The summed E-state index contributed by atoms with van der Waals surface area (Å²) in [6.45, 7) is 8.58. The fraction of sp³-hybridized carbons (Fsp3) is 0.923. The molecule has 184 valence electrons. The van der Waals surface area contributed by atoms with Crippen molar-refractivity contribution >= 4 is 11.9 Å². The SMILES string of the molecule is CC.CC12CC[C@@H](O)CC1CCC1C2C[C@H](O)C2(C)C(CCC(C(=O)O)C(=O)O)CCC12. The topological polar surface area (TPSA) is 115 Å². The smallest absolute Gasteiger partial charge is 0.317 e. The van der Waals surface area contributed by atoms with E-state index in [1.807, 2.05) is 13.8 Å². The molecule has 0 bridgehead atoms. The Morgan fingerprint density at radius 2 is 1.56 bits per heavy atom. The van der Waals surface area contributed by atoms with Gasteiger partial charge in [-0.2, -0.15) is 0 Å². The number of carbonyl (C=O) groups is 2. The largest absolute Gasteiger partial charge is 0.481 e. The van der Waals surface area contributed by atoms with Gasteiger partial charge in [0.05, 0.1) is 12.2 Å². The monoisotopic (exact) mass is 452 g/mol. The van der Waals surface area contributed by atoms with Crippen molar-refractivity contribution in [1.29, 1.82) is 0 Å². The van der Waals surface area contributed by atoms with Crippen LogP contribution in [-0.4, -0.2) is 44.6 Å². The highest BCUT2D eigenvalue weighted by atomic mass is 16.4. The lowest BCUT2D eigenvalue weighted by atomic mass is 9.44. The van der Waals surface area contributed by atoms with Crippen LogP contribution >= 0.6 is 0 Å². The Labute approximate surface area is 192 Å². The van der Waals surface area contributed by atoms with Gasteiger partial charge in [0.25, 0.3) is 0 Å². The van der Waals surface area contributed by atoms with E-state index in [1.54, 1.807) is 0 Å². The Balaban J connectivity index is 0.00000141. The first-order valence-corrected chi connectivity index (χ1v) is 12.9. The molecule has 0 aromatic heterocycles. The molecule has 0 aromatic carbocycles. The summed E-state index contributed by atoms with van der Waals surface area (Å²) in [4.78, 5) is 22.6. The van der Waals surface area contributed by atoms with Crippen molar-refractivity contribution in [2.45, 2.75) is 104 Å². The Bertz CT molecular complexity index is 680. The van der Waals surface area contributed by atoms with Crippen LogP contribution in [0, 0.1) is 46.3 Å². The molecule has 0 spiro atoms. The van der Waals surface area contributed by atoms with E-state index in [-0.39, 0.29) is 29.3 Å². The predicted octanol–water partition coefficient (Wildman–Crippen LogP) is 4.57. The van der Waals surface area contributed by atoms with Crippen molar-refractivity contribution in [2.75, 3.05) is 0 Å². The standard InChI is InChI=1S/C24H38O6.C2H6/c1-23-10-9-15(25)11-14(23)4-6-16-18-8-5-13(3-7-17(21(27)28)22(29)30)24(18,2)20(26)12-19(16)23;1-2/h13-20,25-26H,3-12H2,1-2H3,(H,27,28)(H,29,30);1-2H3/t13?,14?,15-,16?,18?,19?,20+,23?,24?;/m1./s1. The molecule has 4 saturated carbocycles. The number of fused-ring (bicyclic) bond motifs is 5. The van der Waals surface area contributed by atoms with Gasteiger partial charge < -0.3 is 20.4 Å². The molecule has 7 unspecified atom stereocenters. The molecule has 0 heterocycles. The van der Waals surface area contributed by atoms with E-state index < -0.39 is 24.0 Å². The molecule has 0 amide bonds. The molecule has 4 fully saturated rings. The van der Waals surface area contributed by atoms with Gasteiger partial charge in [0.2, 0.25) is 0 Å². The van der Waals surface area contributed by atoms with E-state index >= 15 is 0 Å². The molecule has 6 nitrogen and oxygen atoms in total. The van der Waals surface area contributed by atoms with Gasteiger partial charge in [-0.05, 0) is 105 Å². The number of aliphatic hydroxyl groups excluding tert-OH is 2. The predicted molar refractivity (Wildman–Crippen MR) is 122 cm³/mol. The van der Waals surface area contributed by atoms with Crippen molar-refractivity contribution in [3.05, 3.63) is 0 Å². The van der Waals surface area contributed by atoms with Crippen LogP contribution in [0.3, 0.4) is 0 Å². The average Bonchev–Trinajstić information content (AvgIpc) is 3.08. The van der Waals surface area contributed by atoms with Crippen LogP contribution in [-0.2, 0) is 9.59 Å². The Kier molecular flexibility index (Phi) is 7.66. The van der Waals surface area contributed by atoms with E-state index in [2.05, 4.69) is 13.8 Å². The fourth-order valence-electron chi connectivity index (χ4n) is 8.51. The number of rotatable bonds is 5. The molecule has 4 N–H and O–H groups in total. The van der Waals surface area contributed by atoms with Crippen LogP contribution in [0.4, 0.5) is 0 Å². The van der Waals surface area contributed by atoms with Crippen molar-refractivity contribution in [3.63, 3.8) is 0 Å². The van der Waals surface area contributed by atoms with Gasteiger partial charge in [-0.1, -0.05) is 27.7 Å². The first-order chi connectivity index (χ1) is 15.1. The van der Waals surface area contributed by atoms with Gasteiger partial charge in [0, 0.05) is 0 Å². The lowest BCUT2D eigenvalue weighted by Crippen LogP contribution is -2.58. The van der Waals surface area contributed by atoms with Crippen molar-refractivity contribution in [1.82, 2.24) is 0 Å². The van der Waals surface area contributed by atoms with Crippen LogP contribution < -0.4 is 0 Å². The molecule has 9 atom stereocenters. The summed E-state index contributed by atoms with van der Waals surface area (Å²) in [5, 5.41) is 40.1. The third kappa shape index (κ3) is 4.11. The lowest BCUT2D eigenvalue weighted by molar-refractivity contribution is -0.172. The molecule has 4 aliphatic carbocycles. The van der Waals surface area contributed by atoms with Crippen LogP contribution in [0.1, 0.15) is 91.9 Å². The molecule has 0 aliphatic heterocycles. The summed E-state index contributed by atoms with van der Waals surface area (Å²) in [5.41, 5.74) is -0.0552. The maximum absolute atomic E-state index is 11.4. The number of hydrogen-bond donors (Lipinski definition) is 4. The van der Waals surface area contributed by atoms with Crippen molar-refractivity contribution in [3.8, 4) is 0 Å². The summed E-state index contributed by atoms with van der Waals surface area (Å²) < 4.78 is 0. The van der Waals surface area contributed by atoms with E-state index in [4.69, 9.17) is 0 Å². The first-order valence-electron chi connectivity index (χ1n) is 12.9. The Hall–Kier alpha value is -1.14. The van der Waals surface area contributed by atoms with Gasteiger partial charge in [-0.3, -0.25) is 9.59 Å². The third-order valence-electron chi connectivity index (χ3n) is 10.3. The van der Waals surface area contributed by atoms with Gasteiger partial charge in [0.15, 0.2) is 5.92 Å². The highest BCUT2D eigenvalue weighted by molar-refractivity contribution is 5.92. The summed E-state index contributed by atoms with van der Waals surface area (Å²) >= 11 is 0. The molecule has 4 aliphatic rings. The number of aliphatic hydroxyl groups is 2. The minimum absolute atomic E-state index is 0.135. The van der Waals surface area contributed by atoms with E-state index in [0.29, 0.717) is 30.1 Å². The van der Waals surface area contributed by atoms with Gasteiger partial charge in [0.1, 0.15) is 0 Å². The second kappa shape index (κ2) is 9.61. The van der Waals surface area contributed by atoms with Crippen LogP contribution in [0.15, 0.2) is 0 Å². The second-order valence-electron chi connectivity index (χ2n) is 11.3. The zero-order valence-electron chi connectivity index (χ0n) is 20.3. The summed E-state index contributed by atoms with van der Waals surface area (Å²) in [6, 6.07) is 0. The summed E-state index contributed by atoms with van der Waals surface area (Å²) in [7, 11) is 0. The Morgan fingerprint density at radius 3 is 2.19 bits per heavy atom. The number of aliphatic carboxylic acids is 2. The Morgan fingerprint density at radius 1 is 0.906 bits per heavy atom. The highest BCUT2D eigenvalue weighted by Crippen LogP contribution is 2.67. The maximum Gasteiger partial charge on any atom is 0.317 e.